The first-order valence-electron chi connectivity index (χ1n) is 11.1. The van der Waals surface area contributed by atoms with Gasteiger partial charge in [-0.3, -0.25) is 0 Å². The summed E-state index contributed by atoms with van der Waals surface area (Å²) < 4.78 is 50.3. The zero-order valence-electron chi connectivity index (χ0n) is 20.5. The Bertz CT molecular complexity index is 1300. The van der Waals surface area contributed by atoms with Gasteiger partial charge in [-0.05, 0) is 35.9 Å². The molecule has 2 heterocycles. The van der Waals surface area contributed by atoms with E-state index in [4.69, 9.17) is 23.9 Å². The van der Waals surface area contributed by atoms with Gasteiger partial charge < -0.3 is 23.8 Å². The average molecular weight is 599 g/mol. The highest BCUT2D eigenvalue weighted by molar-refractivity contribution is 9.10. The zero-order valence-corrected chi connectivity index (χ0v) is 23.7. The van der Waals surface area contributed by atoms with Crippen molar-refractivity contribution in [2.75, 3.05) is 59.5 Å². The molecule has 1 aliphatic heterocycles. The summed E-state index contributed by atoms with van der Waals surface area (Å²) in [6.07, 6.45) is 0.601. The maximum absolute atomic E-state index is 13.3. The predicted octanol–water partition coefficient (Wildman–Crippen LogP) is 4.04. The Morgan fingerprint density at radius 2 is 1.56 bits per heavy atom. The molecule has 1 aromatic heterocycles. The Morgan fingerprint density at radius 1 is 0.917 bits per heavy atom. The predicted molar refractivity (Wildman–Crippen MR) is 143 cm³/mol. The van der Waals surface area contributed by atoms with Crippen molar-refractivity contribution in [2.45, 2.75) is 11.3 Å². The molecule has 3 aromatic rings. The number of thiazole rings is 1. The molecule has 0 radical (unpaired) electrons. The first-order chi connectivity index (χ1) is 17.3. The molecule has 4 rings (SSSR count). The van der Waals surface area contributed by atoms with Gasteiger partial charge in [-0.15, -0.1) is 11.3 Å². The smallest absolute Gasteiger partial charge is 0.246 e. The molecule has 1 fully saturated rings. The Kier molecular flexibility index (Phi) is 8.28. The maximum Gasteiger partial charge on any atom is 0.246 e. The van der Waals surface area contributed by atoms with Gasteiger partial charge in [-0.2, -0.15) is 4.31 Å². The fourth-order valence-corrected chi connectivity index (χ4v) is 7.08. The molecule has 0 spiro atoms. The molecule has 0 N–H and O–H groups in total. The summed E-state index contributed by atoms with van der Waals surface area (Å²) in [5, 5.41) is 2.89. The van der Waals surface area contributed by atoms with Crippen molar-refractivity contribution in [3.05, 3.63) is 51.4 Å². The van der Waals surface area contributed by atoms with Gasteiger partial charge in [0.15, 0.2) is 16.6 Å². The summed E-state index contributed by atoms with van der Waals surface area (Å²) in [6, 6.07) is 8.82. The molecule has 0 aliphatic carbocycles. The quantitative estimate of drug-likeness (QED) is 0.365. The molecule has 0 bridgehead atoms. The number of aromatic nitrogens is 1. The molecule has 2 aromatic carbocycles. The number of halogens is 1. The summed E-state index contributed by atoms with van der Waals surface area (Å²) in [4.78, 5) is 7.08. The van der Waals surface area contributed by atoms with E-state index in [2.05, 4.69) is 20.8 Å². The number of ether oxygens (including phenoxy) is 4. The molecular weight excluding hydrogens is 570 g/mol. The number of sulfonamides is 1. The first kappa shape index (κ1) is 26.5. The monoisotopic (exact) mass is 597 g/mol. The van der Waals surface area contributed by atoms with Crippen molar-refractivity contribution < 1.29 is 27.4 Å². The van der Waals surface area contributed by atoms with Crippen LogP contribution in [0, 0.1) is 0 Å². The van der Waals surface area contributed by atoms with E-state index in [0.717, 1.165) is 16.4 Å². The molecule has 9 nitrogen and oxygen atoms in total. The van der Waals surface area contributed by atoms with Gasteiger partial charge in [0.1, 0.15) is 10.6 Å². The van der Waals surface area contributed by atoms with E-state index in [-0.39, 0.29) is 4.90 Å². The second-order valence-electron chi connectivity index (χ2n) is 8.02. The first-order valence-corrected chi connectivity index (χ1v) is 14.2. The van der Waals surface area contributed by atoms with Gasteiger partial charge in [-0.25, -0.2) is 13.4 Å². The van der Waals surface area contributed by atoms with Crippen LogP contribution in [-0.2, 0) is 16.4 Å². The van der Waals surface area contributed by atoms with Crippen LogP contribution < -0.4 is 23.8 Å². The normalized spacial score (nSPS) is 14.5. The van der Waals surface area contributed by atoms with E-state index in [0.29, 0.717) is 60.1 Å². The highest BCUT2D eigenvalue weighted by Gasteiger charge is 2.31. The molecule has 1 aliphatic rings. The second kappa shape index (κ2) is 11.2. The number of hydrogen-bond donors (Lipinski definition) is 0. The number of piperazine rings is 1. The van der Waals surface area contributed by atoms with Crippen molar-refractivity contribution in [3.8, 4) is 23.0 Å². The minimum Gasteiger partial charge on any atom is -0.495 e. The lowest BCUT2D eigenvalue weighted by atomic mass is 10.1. The number of methoxy groups -OCH3 is 4. The zero-order chi connectivity index (χ0) is 25.9. The Hall–Kier alpha value is -2.54. The van der Waals surface area contributed by atoms with E-state index in [9.17, 15) is 8.42 Å². The minimum absolute atomic E-state index is 0.162. The maximum atomic E-state index is 13.3. The molecule has 194 valence electrons. The molecule has 0 saturated carbocycles. The number of benzene rings is 2. The molecule has 0 atom stereocenters. The van der Waals surface area contributed by atoms with Gasteiger partial charge in [0.25, 0.3) is 0 Å². The standard InChI is InChI=1S/C24H28BrN3O6S2/c1-31-19-6-5-17(25)14-22(19)36(29,30)28-9-7-27(8-10-28)24-26-18(15-35-24)11-16-12-20(32-2)23(34-4)21(13-16)33-3/h5-6,12-15H,7-11H2,1-4H3. The van der Waals surface area contributed by atoms with Crippen LogP contribution in [0.4, 0.5) is 5.13 Å². The summed E-state index contributed by atoms with van der Waals surface area (Å²) in [5.41, 5.74) is 1.90. The molecule has 0 unspecified atom stereocenters. The van der Waals surface area contributed by atoms with Crippen LogP contribution in [0.3, 0.4) is 0 Å². The van der Waals surface area contributed by atoms with Crippen LogP contribution in [0.15, 0.2) is 45.1 Å². The lowest BCUT2D eigenvalue weighted by Gasteiger charge is -2.34. The van der Waals surface area contributed by atoms with Crippen LogP contribution >= 0.6 is 27.3 Å². The van der Waals surface area contributed by atoms with E-state index < -0.39 is 10.0 Å². The molecule has 1 saturated heterocycles. The third-order valence-corrected chi connectivity index (χ3v) is 9.27. The van der Waals surface area contributed by atoms with Crippen LogP contribution in [-0.4, -0.2) is 72.3 Å². The van der Waals surface area contributed by atoms with Crippen LogP contribution in [0.5, 0.6) is 23.0 Å². The fraction of sp³-hybridized carbons (Fsp3) is 0.375. The summed E-state index contributed by atoms with van der Waals surface area (Å²) in [5.74, 6) is 2.08. The van der Waals surface area contributed by atoms with Crippen LogP contribution in [0.2, 0.25) is 0 Å². The third-order valence-electron chi connectivity index (χ3n) is 5.90. The average Bonchev–Trinajstić information content (AvgIpc) is 3.36. The molecular formula is C24H28BrN3O6S2. The van der Waals surface area contributed by atoms with Crippen LogP contribution in [0.1, 0.15) is 11.3 Å². The van der Waals surface area contributed by atoms with Gasteiger partial charge >= 0.3 is 0 Å². The fourth-order valence-electron chi connectivity index (χ4n) is 4.08. The minimum atomic E-state index is -3.69. The van der Waals surface area contributed by atoms with E-state index in [1.807, 2.05) is 17.5 Å². The van der Waals surface area contributed by atoms with Crippen molar-refractivity contribution in [1.82, 2.24) is 9.29 Å². The van der Waals surface area contributed by atoms with Crippen molar-refractivity contribution in [3.63, 3.8) is 0 Å². The van der Waals surface area contributed by atoms with E-state index >= 15 is 0 Å². The van der Waals surface area contributed by atoms with Gasteiger partial charge in [0.05, 0.1) is 34.1 Å². The van der Waals surface area contributed by atoms with Crippen molar-refractivity contribution >= 4 is 42.4 Å². The lowest BCUT2D eigenvalue weighted by Crippen LogP contribution is -2.48. The Labute approximate surface area is 223 Å². The van der Waals surface area contributed by atoms with Gasteiger partial charge in [-0.1, -0.05) is 15.9 Å². The topological polar surface area (TPSA) is 90.4 Å². The van der Waals surface area contributed by atoms with E-state index in [1.54, 1.807) is 50.9 Å². The Morgan fingerprint density at radius 3 is 2.14 bits per heavy atom. The lowest BCUT2D eigenvalue weighted by molar-refractivity contribution is 0.324. The highest BCUT2D eigenvalue weighted by Crippen LogP contribution is 2.39. The number of hydrogen-bond acceptors (Lipinski definition) is 9. The third kappa shape index (κ3) is 5.41. The number of anilines is 1. The SMILES string of the molecule is COc1ccc(Br)cc1S(=O)(=O)N1CCN(c2nc(Cc3cc(OC)c(OC)c(OC)c3)cs2)CC1. The van der Waals surface area contributed by atoms with Gasteiger partial charge in [0, 0.05) is 42.5 Å². The Balaban J connectivity index is 1.45. The van der Waals surface area contributed by atoms with E-state index in [1.165, 1.54) is 11.4 Å². The molecule has 12 heteroatoms. The van der Waals surface area contributed by atoms with Gasteiger partial charge in [0.2, 0.25) is 15.8 Å². The number of rotatable bonds is 9. The molecule has 0 amide bonds. The van der Waals surface area contributed by atoms with Crippen molar-refractivity contribution in [2.24, 2.45) is 0 Å². The summed E-state index contributed by atoms with van der Waals surface area (Å²) in [6.45, 7) is 1.82. The highest BCUT2D eigenvalue weighted by atomic mass is 79.9. The second-order valence-corrected chi connectivity index (χ2v) is 11.7. The largest absolute Gasteiger partial charge is 0.495 e. The summed E-state index contributed by atoms with van der Waals surface area (Å²) in [7, 11) is 2.54. The molecule has 36 heavy (non-hydrogen) atoms. The van der Waals surface area contributed by atoms with Crippen LogP contribution in [0.25, 0.3) is 0 Å². The van der Waals surface area contributed by atoms with Crippen molar-refractivity contribution in [1.29, 1.82) is 0 Å². The number of nitrogens with zero attached hydrogens (tertiary/aromatic N) is 3. The summed E-state index contributed by atoms with van der Waals surface area (Å²) >= 11 is 4.91.